The van der Waals surface area contributed by atoms with E-state index >= 15 is 0 Å². The zero-order valence-electron chi connectivity index (χ0n) is 16.4. The molecule has 30 heavy (non-hydrogen) atoms. The fourth-order valence-corrected chi connectivity index (χ4v) is 4.54. The van der Waals surface area contributed by atoms with Crippen LogP contribution in [-0.2, 0) is 21.0 Å². The van der Waals surface area contributed by atoms with Crippen LogP contribution in [0.2, 0.25) is 0 Å². The fourth-order valence-electron chi connectivity index (χ4n) is 2.89. The van der Waals surface area contributed by atoms with Gasteiger partial charge in [-0.15, -0.1) is 0 Å². The zero-order chi connectivity index (χ0) is 22.1. The van der Waals surface area contributed by atoms with E-state index in [0.717, 1.165) is 25.0 Å². The number of anilines is 1. The Morgan fingerprint density at radius 3 is 2.50 bits per heavy atom. The van der Waals surface area contributed by atoms with Gasteiger partial charge in [-0.3, -0.25) is 9.10 Å². The first-order valence-electron chi connectivity index (χ1n) is 9.16. The van der Waals surface area contributed by atoms with Crippen molar-refractivity contribution in [2.45, 2.75) is 36.9 Å². The second-order valence-electron chi connectivity index (χ2n) is 7.06. The molecule has 1 fully saturated rings. The molecule has 2 aromatic rings. The number of halogens is 3. The third-order valence-corrected chi connectivity index (χ3v) is 6.37. The number of methoxy groups -OCH3 is 1. The minimum Gasteiger partial charge on any atom is -0.495 e. The van der Waals surface area contributed by atoms with Crippen LogP contribution in [0.15, 0.2) is 47.4 Å². The molecule has 1 aliphatic carbocycles. The average molecular weight is 442 g/mol. The van der Waals surface area contributed by atoms with E-state index in [0.29, 0.717) is 15.9 Å². The zero-order valence-corrected chi connectivity index (χ0v) is 17.2. The molecule has 1 N–H and O–H groups in total. The molecule has 0 bridgehead atoms. The SMILES string of the molecule is COc1ccc(C)cc1S(=O)(=O)N(CC(=O)NC1CC1)c1cccc(C(F)(F)F)c1. The summed E-state index contributed by atoms with van der Waals surface area (Å²) in [6, 6.07) is 8.30. The first kappa shape index (κ1) is 21.9. The summed E-state index contributed by atoms with van der Waals surface area (Å²) >= 11 is 0. The Morgan fingerprint density at radius 1 is 1.20 bits per heavy atom. The van der Waals surface area contributed by atoms with Crippen LogP contribution < -0.4 is 14.4 Å². The molecule has 0 unspecified atom stereocenters. The number of aryl methyl sites for hydroxylation is 1. The quantitative estimate of drug-likeness (QED) is 0.712. The number of alkyl halides is 3. The van der Waals surface area contributed by atoms with Crippen LogP contribution in [0.4, 0.5) is 18.9 Å². The van der Waals surface area contributed by atoms with E-state index in [1.54, 1.807) is 13.0 Å². The number of carbonyl (C=O) groups is 1. The fraction of sp³-hybridized carbons (Fsp3) is 0.350. The molecule has 1 aliphatic rings. The van der Waals surface area contributed by atoms with Crippen molar-refractivity contribution in [3.63, 3.8) is 0 Å². The maximum absolute atomic E-state index is 13.4. The van der Waals surface area contributed by atoms with Gasteiger partial charge in [0.15, 0.2) is 0 Å². The van der Waals surface area contributed by atoms with Crippen LogP contribution in [0.5, 0.6) is 5.75 Å². The highest BCUT2D eigenvalue weighted by Gasteiger charge is 2.35. The van der Waals surface area contributed by atoms with Crippen LogP contribution >= 0.6 is 0 Å². The van der Waals surface area contributed by atoms with E-state index in [4.69, 9.17) is 4.74 Å². The lowest BCUT2D eigenvalue weighted by molar-refractivity contribution is -0.137. The molecule has 0 aromatic heterocycles. The third kappa shape index (κ3) is 4.86. The second kappa shape index (κ2) is 8.17. The van der Waals surface area contributed by atoms with Gasteiger partial charge in [0.2, 0.25) is 5.91 Å². The Hall–Kier alpha value is -2.75. The van der Waals surface area contributed by atoms with E-state index in [9.17, 15) is 26.4 Å². The molecule has 1 saturated carbocycles. The van der Waals surface area contributed by atoms with E-state index in [1.165, 1.54) is 25.3 Å². The first-order chi connectivity index (χ1) is 14.0. The molecule has 2 aromatic carbocycles. The molecule has 6 nitrogen and oxygen atoms in total. The number of benzene rings is 2. The van der Waals surface area contributed by atoms with Crippen molar-refractivity contribution in [3.05, 3.63) is 53.6 Å². The van der Waals surface area contributed by atoms with Crippen LogP contribution in [0.3, 0.4) is 0 Å². The molecule has 3 rings (SSSR count). The van der Waals surface area contributed by atoms with Crippen LogP contribution in [-0.4, -0.2) is 34.0 Å². The van der Waals surface area contributed by atoms with Gasteiger partial charge in [-0.1, -0.05) is 12.1 Å². The Morgan fingerprint density at radius 2 is 1.90 bits per heavy atom. The number of amides is 1. The van der Waals surface area contributed by atoms with Gasteiger partial charge in [-0.25, -0.2) is 8.42 Å². The van der Waals surface area contributed by atoms with Gasteiger partial charge in [0.05, 0.1) is 18.4 Å². The van der Waals surface area contributed by atoms with Gasteiger partial charge < -0.3 is 10.1 Å². The smallest absolute Gasteiger partial charge is 0.416 e. The maximum atomic E-state index is 13.4. The van der Waals surface area contributed by atoms with E-state index < -0.39 is 34.2 Å². The minimum absolute atomic E-state index is 0.0279. The van der Waals surface area contributed by atoms with Gasteiger partial charge in [-0.05, 0) is 55.7 Å². The standard InChI is InChI=1S/C20H21F3N2O4S/c1-13-6-9-17(29-2)18(10-13)30(27,28)25(12-19(26)24-15-7-8-15)16-5-3-4-14(11-16)20(21,22)23/h3-6,9-11,15H,7-8,12H2,1-2H3,(H,24,26). The number of nitrogens with one attached hydrogen (secondary N) is 1. The number of hydrogen-bond acceptors (Lipinski definition) is 4. The number of ether oxygens (including phenoxy) is 1. The predicted molar refractivity (Wildman–Crippen MR) is 105 cm³/mol. The molecular formula is C20H21F3N2O4S. The average Bonchev–Trinajstić information content (AvgIpc) is 3.49. The molecule has 10 heteroatoms. The monoisotopic (exact) mass is 442 g/mol. The van der Waals surface area contributed by atoms with Crippen LogP contribution in [0, 0.1) is 6.92 Å². The lowest BCUT2D eigenvalue weighted by Crippen LogP contribution is -2.41. The number of hydrogen-bond donors (Lipinski definition) is 1. The van der Waals surface area contributed by atoms with Gasteiger partial charge in [0, 0.05) is 6.04 Å². The normalized spacial score (nSPS) is 14.3. The Balaban J connectivity index is 2.09. The van der Waals surface area contributed by atoms with Crippen molar-refractivity contribution in [1.29, 1.82) is 0 Å². The number of sulfonamides is 1. The summed E-state index contributed by atoms with van der Waals surface area (Å²) in [6.45, 7) is 1.02. The molecule has 0 spiro atoms. The molecule has 0 saturated heterocycles. The predicted octanol–water partition coefficient (Wildman–Crippen LogP) is 3.50. The van der Waals surface area contributed by atoms with Gasteiger partial charge >= 0.3 is 6.18 Å². The lowest BCUT2D eigenvalue weighted by Gasteiger charge is -2.25. The summed E-state index contributed by atoms with van der Waals surface area (Å²) in [4.78, 5) is 12.2. The topological polar surface area (TPSA) is 75.7 Å². The lowest BCUT2D eigenvalue weighted by atomic mass is 10.2. The van der Waals surface area contributed by atoms with Gasteiger partial charge in [0.25, 0.3) is 10.0 Å². The van der Waals surface area contributed by atoms with Crippen LogP contribution in [0.25, 0.3) is 0 Å². The molecule has 0 atom stereocenters. The summed E-state index contributed by atoms with van der Waals surface area (Å²) < 4.78 is 72.3. The summed E-state index contributed by atoms with van der Waals surface area (Å²) in [6.07, 6.45) is -3.09. The molecular weight excluding hydrogens is 421 g/mol. The summed E-state index contributed by atoms with van der Waals surface area (Å²) in [5.41, 5.74) is -0.667. The van der Waals surface area contributed by atoms with Crippen molar-refractivity contribution in [1.82, 2.24) is 5.32 Å². The molecule has 0 heterocycles. The number of carbonyl (C=O) groups excluding carboxylic acids is 1. The van der Waals surface area contributed by atoms with Gasteiger partial charge in [-0.2, -0.15) is 13.2 Å². The van der Waals surface area contributed by atoms with Crippen molar-refractivity contribution < 1.29 is 31.1 Å². The van der Waals surface area contributed by atoms with Crippen molar-refractivity contribution in [3.8, 4) is 5.75 Å². The Labute approximate surface area is 172 Å². The highest BCUT2D eigenvalue weighted by molar-refractivity contribution is 7.93. The molecule has 162 valence electrons. The summed E-state index contributed by atoms with van der Waals surface area (Å²) in [5.74, 6) is -0.565. The van der Waals surface area contributed by atoms with Crippen molar-refractivity contribution in [2.75, 3.05) is 18.0 Å². The highest BCUT2D eigenvalue weighted by Crippen LogP contribution is 2.35. The Bertz CT molecular complexity index is 1050. The highest BCUT2D eigenvalue weighted by atomic mass is 32.2. The summed E-state index contributed by atoms with van der Waals surface area (Å²) in [7, 11) is -3.12. The van der Waals surface area contributed by atoms with E-state index in [-0.39, 0.29) is 22.4 Å². The summed E-state index contributed by atoms with van der Waals surface area (Å²) in [5, 5.41) is 2.66. The molecule has 1 amide bonds. The Kier molecular flexibility index (Phi) is 5.98. The first-order valence-corrected chi connectivity index (χ1v) is 10.6. The number of nitrogens with zero attached hydrogens (tertiary/aromatic N) is 1. The molecule has 0 radical (unpaired) electrons. The van der Waals surface area contributed by atoms with E-state index in [2.05, 4.69) is 5.32 Å². The largest absolute Gasteiger partial charge is 0.495 e. The maximum Gasteiger partial charge on any atom is 0.416 e. The number of rotatable bonds is 7. The minimum atomic E-state index is -4.66. The second-order valence-corrected chi connectivity index (χ2v) is 8.89. The molecule has 0 aliphatic heterocycles. The van der Waals surface area contributed by atoms with Gasteiger partial charge in [0.1, 0.15) is 17.2 Å². The van der Waals surface area contributed by atoms with Crippen molar-refractivity contribution >= 4 is 21.6 Å². The van der Waals surface area contributed by atoms with Crippen molar-refractivity contribution in [2.24, 2.45) is 0 Å². The third-order valence-electron chi connectivity index (χ3n) is 4.58. The van der Waals surface area contributed by atoms with Crippen LogP contribution in [0.1, 0.15) is 24.0 Å². The van der Waals surface area contributed by atoms with E-state index in [1.807, 2.05) is 0 Å².